The van der Waals surface area contributed by atoms with Crippen LogP contribution in [0.2, 0.25) is 5.02 Å². The smallest absolute Gasteiger partial charge is 0.105 e. The molecular formula is C12H14ClN3. The summed E-state index contributed by atoms with van der Waals surface area (Å²) in [5.41, 5.74) is 7.46. The predicted octanol–water partition coefficient (Wildman–Crippen LogP) is 2.67. The Balaban J connectivity index is 2.08. The van der Waals surface area contributed by atoms with Crippen molar-refractivity contribution in [3.05, 3.63) is 47.0 Å². The molecule has 1 aromatic carbocycles. The Morgan fingerprint density at radius 3 is 2.88 bits per heavy atom. The number of halogens is 1. The summed E-state index contributed by atoms with van der Waals surface area (Å²) in [5, 5.41) is 0.734. The zero-order chi connectivity index (χ0) is 11.5. The Morgan fingerprint density at radius 1 is 1.44 bits per heavy atom. The number of nitrogens with two attached hydrogens (primary N) is 1. The number of aryl methyl sites for hydroxylation is 3. The van der Waals surface area contributed by atoms with Gasteiger partial charge in [0.2, 0.25) is 0 Å². The van der Waals surface area contributed by atoms with Crippen LogP contribution in [-0.4, -0.2) is 9.55 Å². The van der Waals surface area contributed by atoms with Crippen LogP contribution in [0.25, 0.3) is 0 Å². The summed E-state index contributed by atoms with van der Waals surface area (Å²) in [7, 11) is 0. The fourth-order valence-electron chi connectivity index (χ4n) is 1.65. The molecule has 16 heavy (non-hydrogen) atoms. The molecule has 2 N–H and O–H groups in total. The Labute approximate surface area is 99.9 Å². The Hall–Kier alpha value is -1.48. The first kappa shape index (κ1) is 11.0. The van der Waals surface area contributed by atoms with Gasteiger partial charge in [-0.2, -0.15) is 0 Å². The van der Waals surface area contributed by atoms with Crippen LogP contribution in [0.5, 0.6) is 0 Å². The number of hydrogen-bond donors (Lipinski definition) is 1. The second-order valence-corrected chi connectivity index (χ2v) is 4.18. The number of anilines is 1. The molecule has 0 bridgehead atoms. The largest absolute Gasteiger partial charge is 0.399 e. The number of benzene rings is 1. The van der Waals surface area contributed by atoms with E-state index in [9.17, 15) is 0 Å². The van der Waals surface area contributed by atoms with Crippen molar-refractivity contribution < 1.29 is 0 Å². The molecule has 4 heteroatoms. The van der Waals surface area contributed by atoms with Crippen LogP contribution in [0.15, 0.2) is 30.6 Å². The first-order valence-electron chi connectivity index (χ1n) is 5.18. The lowest BCUT2D eigenvalue weighted by molar-refractivity contribution is 0.673. The van der Waals surface area contributed by atoms with Crippen LogP contribution in [0.4, 0.5) is 5.69 Å². The van der Waals surface area contributed by atoms with Gasteiger partial charge < -0.3 is 10.3 Å². The molecule has 2 aromatic rings. The first-order valence-corrected chi connectivity index (χ1v) is 5.56. The quantitative estimate of drug-likeness (QED) is 0.832. The van der Waals surface area contributed by atoms with E-state index in [1.165, 1.54) is 0 Å². The minimum Gasteiger partial charge on any atom is -0.399 e. The van der Waals surface area contributed by atoms with E-state index in [-0.39, 0.29) is 0 Å². The summed E-state index contributed by atoms with van der Waals surface area (Å²) in [6.45, 7) is 2.88. The summed E-state index contributed by atoms with van der Waals surface area (Å²) in [4.78, 5) is 4.18. The van der Waals surface area contributed by atoms with Crippen molar-refractivity contribution in [2.75, 3.05) is 5.73 Å². The molecule has 0 aliphatic carbocycles. The monoisotopic (exact) mass is 235 g/mol. The highest BCUT2D eigenvalue weighted by Crippen LogP contribution is 2.20. The van der Waals surface area contributed by atoms with E-state index in [1.54, 1.807) is 12.3 Å². The third-order valence-corrected chi connectivity index (χ3v) is 2.97. The zero-order valence-corrected chi connectivity index (χ0v) is 9.91. The fraction of sp³-hybridized carbons (Fsp3) is 0.250. The normalized spacial score (nSPS) is 10.6. The Kier molecular flexibility index (Phi) is 3.15. The van der Waals surface area contributed by atoms with Crippen molar-refractivity contribution >= 4 is 17.3 Å². The zero-order valence-electron chi connectivity index (χ0n) is 9.15. The molecule has 0 aliphatic rings. The van der Waals surface area contributed by atoms with Gasteiger partial charge in [0, 0.05) is 29.6 Å². The number of aromatic nitrogens is 2. The molecule has 0 radical (unpaired) electrons. The van der Waals surface area contributed by atoms with E-state index >= 15 is 0 Å². The molecular weight excluding hydrogens is 222 g/mol. The predicted molar refractivity (Wildman–Crippen MR) is 66.5 cm³/mol. The van der Waals surface area contributed by atoms with E-state index in [0.29, 0.717) is 5.69 Å². The van der Waals surface area contributed by atoms with Crippen molar-refractivity contribution in [1.29, 1.82) is 0 Å². The average molecular weight is 236 g/mol. The van der Waals surface area contributed by atoms with Gasteiger partial charge >= 0.3 is 0 Å². The fourth-order valence-corrected chi connectivity index (χ4v) is 1.93. The van der Waals surface area contributed by atoms with Crippen LogP contribution in [0, 0.1) is 6.92 Å². The van der Waals surface area contributed by atoms with Gasteiger partial charge in [-0.25, -0.2) is 4.98 Å². The maximum absolute atomic E-state index is 6.10. The van der Waals surface area contributed by atoms with Gasteiger partial charge in [0.25, 0.3) is 0 Å². The van der Waals surface area contributed by atoms with Gasteiger partial charge in [0.05, 0.1) is 0 Å². The number of rotatable bonds is 3. The van der Waals surface area contributed by atoms with E-state index in [4.69, 9.17) is 17.3 Å². The number of imidazole rings is 1. The SMILES string of the molecule is Cc1nccn1CCc1ccc(N)cc1Cl. The lowest BCUT2D eigenvalue weighted by atomic mass is 10.1. The van der Waals surface area contributed by atoms with Crippen molar-refractivity contribution in [1.82, 2.24) is 9.55 Å². The molecule has 3 nitrogen and oxygen atoms in total. The summed E-state index contributed by atoms with van der Waals surface area (Å²) in [6.07, 6.45) is 4.66. The molecule has 2 rings (SSSR count). The molecule has 0 fully saturated rings. The highest BCUT2D eigenvalue weighted by Gasteiger charge is 2.02. The van der Waals surface area contributed by atoms with E-state index in [2.05, 4.69) is 9.55 Å². The van der Waals surface area contributed by atoms with E-state index in [1.807, 2.05) is 25.3 Å². The van der Waals surface area contributed by atoms with Crippen molar-refractivity contribution in [3.8, 4) is 0 Å². The van der Waals surface area contributed by atoms with Crippen LogP contribution in [0.1, 0.15) is 11.4 Å². The highest BCUT2D eigenvalue weighted by molar-refractivity contribution is 6.31. The molecule has 0 amide bonds. The van der Waals surface area contributed by atoms with Gasteiger partial charge in [0.1, 0.15) is 5.82 Å². The summed E-state index contributed by atoms with van der Waals surface area (Å²) >= 11 is 6.10. The van der Waals surface area contributed by atoms with Gasteiger partial charge in [-0.15, -0.1) is 0 Å². The lowest BCUT2D eigenvalue weighted by Crippen LogP contribution is -2.02. The highest BCUT2D eigenvalue weighted by atomic mass is 35.5. The first-order chi connectivity index (χ1) is 7.66. The topological polar surface area (TPSA) is 43.8 Å². The average Bonchev–Trinajstić information content (AvgIpc) is 2.63. The number of nitrogens with zero attached hydrogens (tertiary/aromatic N) is 2. The maximum atomic E-state index is 6.10. The molecule has 1 heterocycles. The minimum atomic E-state index is 0.701. The molecule has 0 saturated heterocycles. The summed E-state index contributed by atoms with van der Waals surface area (Å²) in [6, 6.07) is 5.64. The third-order valence-electron chi connectivity index (χ3n) is 2.62. The second-order valence-electron chi connectivity index (χ2n) is 3.77. The number of hydrogen-bond acceptors (Lipinski definition) is 2. The van der Waals surface area contributed by atoms with Crippen molar-refractivity contribution in [2.24, 2.45) is 0 Å². The van der Waals surface area contributed by atoms with E-state index in [0.717, 1.165) is 29.4 Å². The molecule has 84 valence electrons. The Morgan fingerprint density at radius 2 is 2.25 bits per heavy atom. The standard InChI is InChI=1S/C12H14ClN3/c1-9-15-5-7-16(9)6-4-10-2-3-11(14)8-12(10)13/h2-3,5,7-8H,4,6,14H2,1H3. The van der Waals surface area contributed by atoms with E-state index < -0.39 is 0 Å². The van der Waals surface area contributed by atoms with Crippen molar-refractivity contribution in [2.45, 2.75) is 19.9 Å². The summed E-state index contributed by atoms with van der Waals surface area (Å²) < 4.78 is 2.10. The molecule has 0 aliphatic heterocycles. The number of nitrogen functional groups attached to an aromatic ring is 1. The molecule has 0 atom stereocenters. The van der Waals surface area contributed by atoms with Crippen molar-refractivity contribution in [3.63, 3.8) is 0 Å². The van der Waals surface area contributed by atoms with Crippen LogP contribution >= 0.6 is 11.6 Å². The van der Waals surface area contributed by atoms with Crippen LogP contribution in [-0.2, 0) is 13.0 Å². The van der Waals surface area contributed by atoms with Crippen LogP contribution in [0.3, 0.4) is 0 Å². The lowest BCUT2D eigenvalue weighted by Gasteiger charge is -2.07. The maximum Gasteiger partial charge on any atom is 0.105 e. The molecule has 0 unspecified atom stereocenters. The third kappa shape index (κ3) is 2.36. The van der Waals surface area contributed by atoms with Crippen LogP contribution < -0.4 is 5.73 Å². The molecule has 0 spiro atoms. The van der Waals surface area contributed by atoms with Gasteiger partial charge in [-0.3, -0.25) is 0 Å². The minimum absolute atomic E-state index is 0.701. The molecule has 1 aromatic heterocycles. The van der Waals surface area contributed by atoms with Gasteiger partial charge in [-0.1, -0.05) is 17.7 Å². The van der Waals surface area contributed by atoms with Gasteiger partial charge in [0.15, 0.2) is 0 Å². The molecule has 0 saturated carbocycles. The second kappa shape index (κ2) is 4.58. The van der Waals surface area contributed by atoms with Gasteiger partial charge in [-0.05, 0) is 31.0 Å². The summed E-state index contributed by atoms with van der Waals surface area (Å²) in [5.74, 6) is 1.02. The Bertz CT molecular complexity index is 491.